The molecule has 4 nitrogen and oxygen atoms in total. The number of rotatable bonds is 2. The molecular weight excluding hydrogens is 206 g/mol. The van der Waals surface area contributed by atoms with Crippen molar-refractivity contribution in [3.63, 3.8) is 0 Å². The van der Waals surface area contributed by atoms with Gasteiger partial charge in [-0.25, -0.2) is 4.98 Å². The Morgan fingerprint density at radius 1 is 1.36 bits per heavy atom. The third-order valence-corrected chi connectivity index (χ3v) is 2.56. The zero-order valence-corrected chi connectivity index (χ0v) is 8.96. The Bertz CT molecular complexity index is 352. The van der Waals surface area contributed by atoms with Crippen molar-refractivity contribution in [3.05, 3.63) is 21.8 Å². The van der Waals surface area contributed by atoms with Crippen molar-refractivity contribution < 1.29 is 14.9 Å². The molecule has 0 saturated heterocycles. The molecular formula is C9H12ClNO3. The first-order chi connectivity index (χ1) is 6.49. The van der Waals surface area contributed by atoms with E-state index in [-0.39, 0.29) is 11.4 Å². The minimum atomic E-state index is -1.63. The molecule has 0 aliphatic carbocycles. The highest BCUT2D eigenvalue weighted by molar-refractivity contribution is 6.32. The lowest BCUT2D eigenvalue weighted by Crippen LogP contribution is -2.06. The number of halogens is 1. The number of ether oxygens (including phenoxy) is 1. The Labute approximate surface area is 87.1 Å². The molecule has 0 spiro atoms. The molecule has 0 amide bonds. The van der Waals surface area contributed by atoms with Gasteiger partial charge in [0.25, 0.3) is 0 Å². The quantitative estimate of drug-likeness (QED) is 0.734. The lowest BCUT2D eigenvalue weighted by Gasteiger charge is -2.14. The molecule has 78 valence electrons. The van der Waals surface area contributed by atoms with E-state index in [0.717, 1.165) is 0 Å². The molecule has 0 atom stereocenters. The summed E-state index contributed by atoms with van der Waals surface area (Å²) in [6.07, 6.45) is -1.63. The molecule has 1 heterocycles. The summed E-state index contributed by atoms with van der Waals surface area (Å²) in [7, 11) is 1.42. The monoisotopic (exact) mass is 217 g/mol. The number of aliphatic hydroxyl groups is 2. The number of pyridine rings is 1. The number of aromatic nitrogens is 1. The summed E-state index contributed by atoms with van der Waals surface area (Å²) in [5.41, 5.74) is 1.39. The van der Waals surface area contributed by atoms with Crippen LogP contribution in [0.15, 0.2) is 0 Å². The molecule has 5 heteroatoms. The minimum Gasteiger partial charge on any atom is -0.481 e. The lowest BCUT2D eigenvalue weighted by atomic mass is 10.1. The molecule has 0 aliphatic rings. The first-order valence-electron chi connectivity index (χ1n) is 4.05. The summed E-state index contributed by atoms with van der Waals surface area (Å²) < 4.78 is 4.93. The molecule has 1 rings (SSSR count). The fraction of sp³-hybridized carbons (Fsp3) is 0.444. The van der Waals surface area contributed by atoms with Gasteiger partial charge in [-0.15, -0.1) is 0 Å². The van der Waals surface area contributed by atoms with Crippen LogP contribution in [0, 0.1) is 13.8 Å². The van der Waals surface area contributed by atoms with E-state index >= 15 is 0 Å². The smallest absolute Gasteiger partial charge is 0.222 e. The van der Waals surface area contributed by atoms with Gasteiger partial charge in [0.05, 0.1) is 23.4 Å². The molecule has 2 N–H and O–H groups in total. The van der Waals surface area contributed by atoms with Gasteiger partial charge in [-0.1, -0.05) is 11.6 Å². The molecule has 0 bridgehead atoms. The Balaban J connectivity index is 3.45. The first-order valence-corrected chi connectivity index (χ1v) is 4.43. The van der Waals surface area contributed by atoms with Gasteiger partial charge < -0.3 is 14.9 Å². The highest BCUT2D eigenvalue weighted by Crippen LogP contribution is 2.31. The molecule has 0 aliphatic heterocycles. The SMILES string of the molecule is COc1nc(C)c(Cl)c(C)c1C(O)O. The molecule has 0 saturated carbocycles. The summed E-state index contributed by atoms with van der Waals surface area (Å²) >= 11 is 5.92. The van der Waals surface area contributed by atoms with Crippen molar-refractivity contribution >= 4 is 11.6 Å². The normalized spacial score (nSPS) is 10.8. The first kappa shape index (κ1) is 11.2. The van der Waals surface area contributed by atoms with Crippen LogP contribution in [0.5, 0.6) is 5.88 Å². The fourth-order valence-electron chi connectivity index (χ4n) is 1.27. The van der Waals surface area contributed by atoms with Crippen LogP contribution in [0.4, 0.5) is 0 Å². The largest absolute Gasteiger partial charge is 0.481 e. The zero-order chi connectivity index (χ0) is 10.9. The molecule has 0 unspecified atom stereocenters. The van der Waals surface area contributed by atoms with Gasteiger partial charge in [-0.2, -0.15) is 0 Å². The van der Waals surface area contributed by atoms with E-state index in [0.29, 0.717) is 16.3 Å². The van der Waals surface area contributed by atoms with Crippen LogP contribution in [-0.2, 0) is 0 Å². The fourth-order valence-corrected chi connectivity index (χ4v) is 1.42. The van der Waals surface area contributed by atoms with E-state index in [2.05, 4.69) is 4.98 Å². The predicted molar refractivity (Wildman–Crippen MR) is 52.5 cm³/mol. The summed E-state index contributed by atoms with van der Waals surface area (Å²) in [5.74, 6) is 0.194. The maximum absolute atomic E-state index is 9.11. The van der Waals surface area contributed by atoms with Crippen molar-refractivity contribution in [2.45, 2.75) is 20.1 Å². The van der Waals surface area contributed by atoms with Gasteiger partial charge in [-0.05, 0) is 19.4 Å². The topological polar surface area (TPSA) is 62.6 Å². The molecule has 0 fully saturated rings. The average Bonchev–Trinajstić information content (AvgIpc) is 2.12. The number of nitrogens with zero attached hydrogens (tertiary/aromatic N) is 1. The summed E-state index contributed by atoms with van der Waals surface area (Å²) in [6.45, 7) is 3.42. The standard InChI is InChI=1S/C9H12ClNO3/c1-4-6(9(12)13)8(14-3)11-5(2)7(4)10/h9,12-13H,1-3H3. The summed E-state index contributed by atoms with van der Waals surface area (Å²) in [6, 6.07) is 0. The number of aliphatic hydroxyl groups excluding tert-OH is 1. The van der Waals surface area contributed by atoms with Crippen LogP contribution in [0.2, 0.25) is 5.02 Å². The van der Waals surface area contributed by atoms with Gasteiger partial charge >= 0.3 is 0 Å². The van der Waals surface area contributed by atoms with E-state index in [1.54, 1.807) is 13.8 Å². The Hall–Kier alpha value is -0.840. The van der Waals surface area contributed by atoms with E-state index in [1.807, 2.05) is 0 Å². The molecule has 0 aromatic carbocycles. The lowest BCUT2D eigenvalue weighted by molar-refractivity contribution is -0.0447. The maximum atomic E-state index is 9.11. The van der Waals surface area contributed by atoms with Crippen LogP contribution in [0.1, 0.15) is 23.1 Å². The van der Waals surface area contributed by atoms with Crippen molar-refractivity contribution in [3.8, 4) is 5.88 Å². The van der Waals surface area contributed by atoms with E-state index in [1.165, 1.54) is 7.11 Å². The number of methoxy groups -OCH3 is 1. The number of aryl methyl sites for hydroxylation is 1. The zero-order valence-electron chi connectivity index (χ0n) is 8.21. The summed E-state index contributed by atoms with van der Waals surface area (Å²) in [5, 5.41) is 18.6. The molecule has 1 aromatic rings. The van der Waals surface area contributed by atoms with E-state index in [9.17, 15) is 0 Å². The van der Waals surface area contributed by atoms with Crippen LogP contribution in [-0.4, -0.2) is 22.3 Å². The van der Waals surface area contributed by atoms with Gasteiger partial charge in [0, 0.05) is 0 Å². The van der Waals surface area contributed by atoms with Crippen LogP contribution >= 0.6 is 11.6 Å². The second-order valence-electron chi connectivity index (χ2n) is 2.93. The second-order valence-corrected chi connectivity index (χ2v) is 3.31. The Kier molecular flexibility index (Phi) is 3.31. The third-order valence-electron chi connectivity index (χ3n) is 2.00. The van der Waals surface area contributed by atoms with Gasteiger partial charge in [0.1, 0.15) is 0 Å². The number of hydrogen-bond acceptors (Lipinski definition) is 4. The van der Waals surface area contributed by atoms with Crippen molar-refractivity contribution in [2.24, 2.45) is 0 Å². The third kappa shape index (κ3) is 1.82. The van der Waals surface area contributed by atoms with Crippen molar-refractivity contribution in [1.29, 1.82) is 0 Å². The van der Waals surface area contributed by atoms with Crippen LogP contribution in [0.25, 0.3) is 0 Å². The van der Waals surface area contributed by atoms with Crippen molar-refractivity contribution in [2.75, 3.05) is 7.11 Å². The minimum absolute atomic E-state index is 0.194. The highest BCUT2D eigenvalue weighted by atomic mass is 35.5. The van der Waals surface area contributed by atoms with Gasteiger partial charge in [0.2, 0.25) is 5.88 Å². The van der Waals surface area contributed by atoms with Crippen molar-refractivity contribution in [1.82, 2.24) is 4.98 Å². The maximum Gasteiger partial charge on any atom is 0.222 e. The Morgan fingerprint density at radius 3 is 2.36 bits per heavy atom. The average molecular weight is 218 g/mol. The second kappa shape index (κ2) is 4.13. The Morgan fingerprint density at radius 2 is 1.93 bits per heavy atom. The van der Waals surface area contributed by atoms with E-state index < -0.39 is 6.29 Å². The summed E-state index contributed by atoms with van der Waals surface area (Å²) in [4.78, 5) is 4.00. The molecule has 0 radical (unpaired) electrons. The van der Waals surface area contributed by atoms with Crippen LogP contribution < -0.4 is 4.74 Å². The number of hydrogen-bond donors (Lipinski definition) is 2. The predicted octanol–water partition coefficient (Wildman–Crippen LogP) is 1.34. The van der Waals surface area contributed by atoms with Gasteiger partial charge in [0.15, 0.2) is 6.29 Å². The highest BCUT2D eigenvalue weighted by Gasteiger charge is 2.18. The van der Waals surface area contributed by atoms with E-state index in [4.69, 9.17) is 26.6 Å². The van der Waals surface area contributed by atoms with Gasteiger partial charge in [-0.3, -0.25) is 0 Å². The molecule has 1 aromatic heterocycles. The molecule has 14 heavy (non-hydrogen) atoms. The van der Waals surface area contributed by atoms with Crippen LogP contribution in [0.3, 0.4) is 0 Å².